The van der Waals surface area contributed by atoms with Gasteiger partial charge >= 0.3 is 0 Å². The molecule has 128 valence electrons. The Balaban J connectivity index is 1.90. The minimum atomic E-state index is -0.387. The minimum Gasteiger partial charge on any atom is -0.374 e. The number of nitrogens with zero attached hydrogens (tertiary/aromatic N) is 3. The van der Waals surface area contributed by atoms with Crippen molar-refractivity contribution in [3.8, 4) is 6.07 Å². The van der Waals surface area contributed by atoms with Crippen molar-refractivity contribution in [3.63, 3.8) is 0 Å². The summed E-state index contributed by atoms with van der Waals surface area (Å²) in [6.07, 6.45) is 1.64. The topological polar surface area (TPSA) is 85.4 Å². The van der Waals surface area contributed by atoms with E-state index in [2.05, 4.69) is 10.2 Å². The zero-order valence-corrected chi connectivity index (χ0v) is 14.3. The number of halogens is 1. The molecule has 0 atom stereocenters. The van der Waals surface area contributed by atoms with E-state index in [4.69, 9.17) is 17.3 Å². The highest BCUT2D eigenvalue weighted by Crippen LogP contribution is 2.14. The molecule has 1 aromatic rings. The molecule has 1 fully saturated rings. The Labute approximate surface area is 147 Å². The molecule has 0 spiro atoms. The third kappa shape index (κ3) is 5.24. The summed E-state index contributed by atoms with van der Waals surface area (Å²) >= 11 is 6.06. The van der Waals surface area contributed by atoms with Gasteiger partial charge in [0.05, 0.1) is 0 Å². The van der Waals surface area contributed by atoms with Crippen molar-refractivity contribution < 1.29 is 4.79 Å². The average molecular weight is 348 g/mol. The fraction of sp³-hybridized carbons (Fsp3) is 0.412. The lowest BCUT2D eigenvalue weighted by atomic mass is 10.2. The highest BCUT2D eigenvalue weighted by molar-refractivity contribution is 6.31. The Hall–Kier alpha value is -2.07. The SMILES string of the molecule is N#C/C(=C/N1CCN(CCN)CC1)C(=O)NCc1ccccc1Cl. The van der Waals surface area contributed by atoms with Crippen molar-refractivity contribution in [2.24, 2.45) is 5.73 Å². The number of piperazine rings is 1. The lowest BCUT2D eigenvalue weighted by molar-refractivity contribution is -0.117. The van der Waals surface area contributed by atoms with Crippen molar-refractivity contribution in [1.82, 2.24) is 15.1 Å². The van der Waals surface area contributed by atoms with Gasteiger partial charge in [0.15, 0.2) is 0 Å². The first-order valence-corrected chi connectivity index (χ1v) is 8.32. The summed E-state index contributed by atoms with van der Waals surface area (Å²) in [6, 6.07) is 9.28. The summed E-state index contributed by atoms with van der Waals surface area (Å²) in [7, 11) is 0. The molecule has 0 saturated carbocycles. The molecule has 6 nitrogen and oxygen atoms in total. The van der Waals surface area contributed by atoms with Crippen LogP contribution in [0, 0.1) is 11.3 Å². The molecule has 3 N–H and O–H groups in total. The number of rotatable bonds is 6. The fourth-order valence-corrected chi connectivity index (χ4v) is 2.73. The van der Waals surface area contributed by atoms with Crippen LogP contribution in [0.2, 0.25) is 5.02 Å². The number of nitrogens with one attached hydrogen (secondary N) is 1. The van der Waals surface area contributed by atoms with E-state index in [1.807, 2.05) is 29.2 Å². The fourth-order valence-electron chi connectivity index (χ4n) is 2.53. The van der Waals surface area contributed by atoms with E-state index < -0.39 is 0 Å². The van der Waals surface area contributed by atoms with E-state index in [1.54, 1.807) is 12.3 Å². The number of hydrogen-bond acceptors (Lipinski definition) is 5. The van der Waals surface area contributed by atoms with Crippen molar-refractivity contribution >= 4 is 17.5 Å². The van der Waals surface area contributed by atoms with Crippen LogP contribution in [-0.4, -0.2) is 55.0 Å². The molecule has 1 heterocycles. The first kappa shape index (κ1) is 18.3. The second-order valence-electron chi connectivity index (χ2n) is 5.59. The van der Waals surface area contributed by atoms with Gasteiger partial charge in [0.1, 0.15) is 11.6 Å². The molecule has 0 bridgehead atoms. The van der Waals surface area contributed by atoms with Crippen molar-refractivity contribution in [2.75, 3.05) is 39.3 Å². The van der Waals surface area contributed by atoms with Crippen molar-refractivity contribution in [2.45, 2.75) is 6.54 Å². The normalized spacial score (nSPS) is 15.9. The van der Waals surface area contributed by atoms with E-state index in [0.717, 1.165) is 38.3 Å². The summed E-state index contributed by atoms with van der Waals surface area (Å²) < 4.78 is 0. The highest BCUT2D eigenvalue weighted by Gasteiger charge is 2.16. The van der Waals surface area contributed by atoms with Gasteiger partial charge in [0.25, 0.3) is 5.91 Å². The molecule has 7 heteroatoms. The highest BCUT2D eigenvalue weighted by atomic mass is 35.5. The van der Waals surface area contributed by atoms with E-state index in [1.165, 1.54) is 0 Å². The van der Waals surface area contributed by atoms with Gasteiger partial charge in [-0.3, -0.25) is 9.69 Å². The van der Waals surface area contributed by atoms with Gasteiger partial charge in [-0.2, -0.15) is 5.26 Å². The van der Waals surface area contributed by atoms with Crippen LogP contribution in [0.25, 0.3) is 0 Å². The number of hydrogen-bond donors (Lipinski definition) is 2. The van der Waals surface area contributed by atoms with Crippen LogP contribution >= 0.6 is 11.6 Å². The maximum absolute atomic E-state index is 12.2. The molecular formula is C17H22ClN5O. The Morgan fingerprint density at radius 3 is 2.67 bits per heavy atom. The van der Waals surface area contributed by atoms with Gasteiger partial charge in [0.2, 0.25) is 0 Å². The molecule has 0 aromatic heterocycles. The summed E-state index contributed by atoms with van der Waals surface area (Å²) in [4.78, 5) is 16.5. The molecule has 0 aliphatic carbocycles. The number of carbonyl (C=O) groups is 1. The molecular weight excluding hydrogens is 326 g/mol. The number of nitriles is 1. The Morgan fingerprint density at radius 1 is 1.33 bits per heavy atom. The lowest BCUT2D eigenvalue weighted by Gasteiger charge is -2.33. The Morgan fingerprint density at radius 2 is 2.04 bits per heavy atom. The number of nitrogens with two attached hydrogens (primary N) is 1. The van der Waals surface area contributed by atoms with Gasteiger partial charge in [-0.15, -0.1) is 0 Å². The van der Waals surface area contributed by atoms with E-state index in [-0.39, 0.29) is 11.5 Å². The van der Waals surface area contributed by atoms with Crippen LogP contribution in [0.15, 0.2) is 36.0 Å². The molecule has 24 heavy (non-hydrogen) atoms. The Bertz CT molecular complexity index is 632. The van der Waals surface area contributed by atoms with Gasteiger partial charge in [-0.05, 0) is 11.6 Å². The zero-order valence-electron chi connectivity index (χ0n) is 13.5. The van der Waals surface area contributed by atoms with E-state index in [0.29, 0.717) is 18.1 Å². The molecule has 1 amide bonds. The van der Waals surface area contributed by atoms with E-state index in [9.17, 15) is 10.1 Å². The summed E-state index contributed by atoms with van der Waals surface area (Å²) in [5, 5.41) is 12.6. The van der Waals surface area contributed by atoms with Crippen LogP contribution in [0.1, 0.15) is 5.56 Å². The van der Waals surface area contributed by atoms with Crippen molar-refractivity contribution in [1.29, 1.82) is 5.26 Å². The second-order valence-corrected chi connectivity index (χ2v) is 6.00. The van der Waals surface area contributed by atoms with Crippen molar-refractivity contribution in [3.05, 3.63) is 46.6 Å². The zero-order chi connectivity index (χ0) is 17.4. The summed E-state index contributed by atoms with van der Waals surface area (Å²) in [5.41, 5.74) is 6.48. The predicted molar refractivity (Wildman–Crippen MR) is 94.1 cm³/mol. The van der Waals surface area contributed by atoms with Crippen LogP contribution in [0.4, 0.5) is 0 Å². The van der Waals surface area contributed by atoms with Gasteiger partial charge in [-0.1, -0.05) is 29.8 Å². The maximum Gasteiger partial charge on any atom is 0.263 e. The molecule has 1 aliphatic heterocycles. The van der Waals surface area contributed by atoms with Crippen LogP contribution in [-0.2, 0) is 11.3 Å². The molecule has 0 unspecified atom stereocenters. The van der Waals surface area contributed by atoms with Crippen LogP contribution in [0.3, 0.4) is 0 Å². The molecule has 1 aromatic carbocycles. The molecule has 0 radical (unpaired) electrons. The van der Waals surface area contributed by atoms with Gasteiger partial charge in [0, 0.05) is 57.0 Å². The van der Waals surface area contributed by atoms with Crippen LogP contribution in [0.5, 0.6) is 0 Å². The second kappa shape index (κ2) is 9.28. The van der Waals surface area contributed by atoms with Gasteiger partial charge in [-0.25, -0.2) is 0 Å². The minimum absolute atomic E-state index is 0.106. The quantitative estimate of drug-likeness (QED) is 0.591. The van der Waals surface area contributed by atoms with E-state index >= 15 is 0 Å². The third-order valence-corrected chi connectivity index (χ3v) is 4.29. The number of amides is 1. The smallest absolute Gasteiger partial charge is 0.263 e. The lowest BCUT2D eigenvalue weighted by Crippen LogP contribution is -2.46. The maximum atomic E-state index is 12.2. The number of benzene rings is 1. The Kier molecular flexibility index (Phi) is 7.07. The summed E-state index contributed by atoms with van der Waals surface area (Å²) in [5.74, 6) is -0.387. The molecule has 1 aliphatic rings. The monoisotopic (exact) mass is 347 g/mol. The number of carbonyl (C=O) groups excluding carboxylic acids is 1. The average Bonchev–Trinajstić information content (AvgIpc) is 2.60. The third-order valence-electron chi connectivity index (χ3n) is 3.93. The standard InChI is InChI=1S/C17H22ClN5O/c18-16-4-2-1-3-14(16)12-21-17(24)15(11-20)13-23-9-7-22(6-5-19)8-10-23/h1-4,13H,5-10,12,19H2,(H,21,24)/b15-13-. The predicted octanol–water partition coefficient (Wildman–Crippen LogP) is 0.940. The van der Waals surface area contributed by atoms with Gasteiger partial charge < -0.3 is 16.0 Å². The molecule has 2 rings (SSSR count). The first-order chi connectivity index (χ1) is 11.6. The largest absolute Gasteiger partial charge is 0.374 e. The summed E-state index contributed by atoms with van der Waals surface area (Å²) in [6.45, 7) is 5.14. The molecule has 1 saturated heterocycles. The van der Waals surface area contributed by atoms with Crippen LogP contribution < -0.4 is 11.1 Å². The first-order valence-electron chi connectivity index (χ1n) is 7.94.